The van der Waals surface area contributed by atoms with Crippen molar-refractivity contribution in [2.75, 3.05) is 27.7 Å². The van der Waals surface area contributed by atoms with Crippen LogP contribution in [0.3, 0.4) is 0 Å². The molecular weight excluding hydrogens is 227 g/mol. The molecule has 0 aliphatic heterocycles. The van der Waals surface area contributed by atoms with Crippen LogP contribution in [0.5, 0.6) is 0 Å². The van der Waals surface area contributed by atoms with E-state index in [4.69, 9.17) is 11.6 Å². The molecule has 0 fully saturated rings. The zero-order valence-electron chi connectivity index (χ0n) is 9.93. The fourth-order valence-electron chi connectivity index (χ4n) is 1.62. The van der Waals surface area contributed by atoms with Crippen molar-refractivity contribution in [2.24, 2.45) is 0 Å². The zero-order chi connectivity index (χ0) is 12.1. The maximum Gasteiger partial charge on any atom is 0.123 e. The summed E-state index contributed by atoms with van der Waals surface area (Å²) in [5, 5.41) is 3.77. The smallest absolute Gasteiger partial charge is 0.123 e. The topological polar surface area (TPSA) is 15.3 Å². The summed E-state index contributed by atoms with van der Waals surface area (Å²) in [6.07, 6.45) is 0.896. The molecule has 1 atom stereocenters. The average Bonchev–Trinajstić information content (AvgIpc) is 2.23. The van der Waals surface area contributed by atoms with E-state index >= 15 is 0 Å². The van der Waals surface area contributed by atoms with Gasteiger partial charge in [-0.3, -0.25) is 0 Å². The van der Waals surface area contributed by atoms with Crippen molar-refractivity contribution in [3.8, 4) is 0 Å². The Morgan fingerprint density at radius 2 is 2.12 bits per heavy atom. The summed E-state index contributed by atoms with van der Waals surface area (Å²) in [6.45, 7) is 0.929. The zero-order valence-corrected chi connectivity index (χ0v) is 10.7. The van der Waals surface area contributed by atoms with Gasteiger partial charge in [0.15, 0.2) is 0 Å². The highest BCUT2D eigenvalue weighted by molar-refractivity contribution is 6.31. The fourth-order valence-corrected chi connectivity index (χ4v) is 1.87. The van der Waals surface area contributed by atoms with Gasteiger partial charge in [0.25, 0.3) is 0 Å². The van der Waals surface area contributed by atoms with E-state index in [1.165, 1.54) is 12.1 Å². The Hall–Kier alpha value is -0.640. The van der Waals surface area contributed by atoms with Crippen molar-refractivity contribution in [3.63, 3.8) is 0 Å². The normalized spacial score (nSPS) is 13.1. The third-order valence-electron chi connectivity index (χ3n) is 2.55. The van der Waals surface area contributed by atoms with E-state index in [-0.39, 0.29) is 11.9 Å². The van der Waals surface area contributed by atoms with Gasteiger partial charge >= 0.3 is 0 Å². The first-order valence-corrected chi connectivity index (χ1v) is 5.69. The lowest BCUT2D eigenvalue weighted by molar-refractivity contribution is 0.368. The highest BCUT2D eigenvalue weighted by atomic mass is 35.5. The predicted octanol–water partition coefficient (Wildman–Crippen LogP) is 2.69. The number of benzene rings is 1. The predicted molar refractivity (Wildman–Crippen MR) is 66.4 cm³/mol. The molecule has 0 radical (unpaired) electrons. The van der Waals surface area contributed by atoms with Crippen LogP contribution in [0, 0.1) is 5.82 Å². The van der Waals surface area contributed by atoms with Gasteiger partial charge in [0.05, 0.1) is 0 Å². The molecular formula is C12H18ClFN2. The Morgan fingerprint density at radius 1 is 1.44 bits per heavy atom. The molecule has 4 heteroatoms. The molecule has 1 aromatic carbocycles. The van der Waals surface area contributed by atoms with Gasteiger partial charge in [-0.15, -0.1) is 0 Å². The lowest BCUT2D eigenvalue weighted by Crippen LogP contribution is -2.23. The van der Waals surface area contributed by atoms with E-state index in [0.717, 1.165) is 18.5 Å². The van der Waals surface area contributed by atoms with E-state index in [2.05, 4.69) is 10.2 Å². The Bertz CT molecular complexity index is 342. The van der Waals surface area contributed by atoms with Gasteiger partial charge in [-0.1, -0.05) is 11.6 Å². The van der Waals surface area contributed by atoms with Crippen LogP contribution in [0.4, 0.5) is 4.39 Å². The van der Waals surface area contributed by atoms with Crippen molar-refractivity contribution < 1.29 is 4.39 Å². The van der Waals surface area contributed by atoms with Crippen LogP contribution in [0.25, 0.3) is 0 Å². The standard InChI is InChI=1S/C12H18ClFN2/c1-15-12(6-7-16(2)3)10-8-9(14)4-5-11(10)13/h4-5,8,12,15H,6-7H2,1-3H3. The number of hydrogen-bond donors (Lipinski definition) is 1. The molecule has 0 saturated heterocycles. The van der Waals surface area contributed by atoms with Crippen LogP contribution in [0.1, 0.15) is 18.0 Å². The molecule has 0 spiro atoms. The quantitative estimate of drug-likeness (QED) is 0.857. The lowest BCUT2D eigenvalue weighted by Gasteiger charge is -2.20. The van der Waals surface area contributed by atoms with Crippen LogP contribution in [-0.4, -0.2) is 32.6 Å². The highest BCUT2D eigenvalue weighted by Gasteiger charge is 2.13. The number of hydrogen-bond acceptors (Lipinski definition) is 2. The van der Waals surface area contributed by atoms with E-state index in [9.17, 15) is 4.39 Å². The van der Waals surface area contributed by atoms with Gasteiger partial charge in [0, 0.05) is 11.1 Å². The molecule has 0 aliphatic rings. The average molecular weight is 245 g/mol. The van der Waals surface area contributed by atoms with E-state index in [1.54, 1.807) is 6.07 Å². The molecule has 1 rings (SSSR count). The largest absolute Gasteiger partial charge is 0.313 e. The van der Waals surface area contributed by atoms with Crippen LogP contribution >= 0.6 is 11.6 Å². The summed E-state index contributed by atoms with van der Waals surface area (Å²) in [7, 11) is 5.89. The van der Waals surface area contributed by atoms with Crippen LogP contribution < -0.4 is 5.32 Å². The molecule has 90 valence electrons. The minimum absolute atomic E-state index is 0.0885. The fraction of sp³-hybridized carbons (Fsp3) is 0.500. The molecule has 0 amide bonds. The van der Waals surface area contributed by atoms with Crippen molar-refractivity contribution in [2.45, 2.75) is 12.5 Å². The SMILES string of the molecule is CNC(CCN(C)C)c1cc(F)ccc1Cl. The van der Waals surface area contributed by atoms with Crippen molar-refractivity contribution in [1.29, 1.82) is 0 Å². The Balaban J connectivity index is 2.81. The molecule has 0 aliphatic carbocycles. The van der Waals surface area contributed by atoms with E-state index < -0.39 is 0 Å². The van der Waals surface area contributed by atoms with Gasteiger partial charge in [-0.25, -0.2) is 4.39 Å². The summed E-state index contributed by atoms with van der Waals surface area (Å²) in [5.74, 6) is -0.246. The van der Waals surface area contributed by atoms with Gasteiger partial charge in [0.2, 0.25) is 0 Å². The summed E-state index contributed by atoms with van der Waals surface area (Å²) in [5.41, 5.74) is 0.825. The highest BCUT2D eigenvalue weighted by Crippen LogP contribution is 2.25. The Labute approximate surface area is 101 Å². The second-order valence-corrected chi connectivity index (χ2v) is 4.51. The first-order chi connectivity index (χ1) is 7.54. The van der Waals surface area contributed by atoms with Crippen molar-refractivity contribution in [1.82, 2.24) is 10.2 Å². The van der Waals surface area contributed by atoms with Crippen LogP contribution in [-0.2, 0) is 0 Å². The van der Waals surface area contributed by atoms with E-state index in [0.29, 0.717) is 5.02 Å². The molecule has 1 aromatic rings. The third kappa shape index (κ3) is 3.74. The molecule has 16 heavy (non-hydrogen) atoms. The molecule has 1 N–H and O–H groups in total. The summed E-state index contributed by atoms with van der Waals surface area (Å²) in [6, 6.07) is 4.57. The summed E-state index contributed by atoms with van der Waals surface area (Å²) < 4.78 is 13.1. The van der Waals surface area contributed by atoms with E-state index in [1.807, 2.05) is 21.1 Å². The number of nitrogens with zero attached hydrogens (tertiary/aromatic N) is 1. The van der Waals surface area contributed by atoms with Gasteiger partial charge in [-0.2, -0.15) is 0 Å². The van der Waals surface area contributed by atoms with Crippen molar-refractivity contribution >= 4 is 11.6 Å². The molecule has 0 saturated carbocycles. The van der Waals surface area contributed by atoms with Gasteiger partial charge in [0.1, 0.15) is 5.82 Å². The molecule has 1 unspecified atom stereocenters. The number of rotatable bonds is 5. The maximum absolute atomic E-state index is 13.1. The Morgan fingerprint density at radius 3 is 2.69 bits per heavy atom. The third-order valence-corrected chi connectivity index (χ3v) is 2.89. The maximum atomic E-state index is 13.1. The Kier molecular flexibility index (Phi) is 5.19. The second-order valence-electron chi connectivity index (χ2n) is 4.10. The number of halogens is 2. The van der Waals surface area contributed by atoms with Gasteiger partial charge in [-0.05, 0) is 57.9 Å². The first kappa shape index (κ1) is 13.4. The lowest BCUT2D eigenvalue weighted by atomic mass is 10.0. The molecule has 2 nitrogen and oxygen atoms in total. The van der Waals surface area contributed by atoms with Gasteiger partial charge < -0.3 is 10.2 Å². The van der Waals surface area contributed by atoms with Crippen LogP contribution in [0.15, 0.2) is 18.2 Å². The minimum Gasteiger partial charge on any atom is -0.313 e. The second kappa shape index (κ2) is 6.18. The summed E-state index contributed by atoms with van der Waals surface area (Å²) in [4.78, 5) is 2.09. The molecule has 0 aromatic heterocycles. The minimum atomic E-state index is -0.246. The summed E-state index contributed by atoms with van der Waals surface area (Å²) >= 11 is 6.06. The van der Waals surface area contributed by atoms with Crippen molar-refractivity contribution in [3.05, 3.63) is 34.6 Å². The monoisotopic (exact) mass is 244 g/mol. The molecule has 0 heterocycles. The first-order valence-electron chi connectivity index (χ1n) is 5.31. The van der Waals surface area contributed by atoms with Crippen LogP contribution in [0.2, 0.25) is 5.02 Å². The molecule has 0 bridgehead atoms. The number of nitrogens with one attached hydrogen (secondary N) is 1.